The quantitative estimate of drug-likeness (QED) is 0.813. The minimum Gasteiger partial charge on any atom is -0.398 e. The lowest BCUT2D eigenvalue weighted by Gasteiger charge is -2.18. The minimum atomic E-state index is -3.92. The summed E-state index contributed by atoms with van der Waals surface area (Å²) >= 11 is 5.90. The molecule has 2 unspecified atom stereocenters. The van der Waals surface area contributed by atoms with Gasteiger partial charge in [0.25, 0.3) is 0 Å². The third-order valence-electron chi connectivity index (χ3n) is 3.12. The smallest absolute Gasteiger partial charge is 0.238 e. The second kappa shape index (κ2) is 6.45. The first kappa shape index (κ1) is 16.8. The molecule has 0 saturated heterocycles. The Morgan fingerprint density at radius 1 is 1.40 bits per heavy atom. The largest absolute Gasteiger partial charge is 0.398 e. The molecule has 2 atom stereocenters. The van der Waals surface area contributed by atoms with Gasteiger partial charge in [-0.25, -0.2) is 8.42 Å². The van der Waals surface area contributed by atoms with Gasteiger partial charge in [0.2, 0.25) is 5.91 Å². The van der Waals surface area contributed by atoms with Crippen LogP contribution in [0.3, 0.4) is 0 Å². The van der Waals surface area contributed by atoms with E-state index in [0.717, 1.165) is 0 Å². The molecule has 0 aliphatic heterocycles. The Morgan fingerprint density at radius 2 is 2.00 bits per heavy atom. The van der Waals surface area contributed by atoms with Crippen molar-refractivity contribution in [2.24, 2.45) is 0 Å². The molecule has 0 saturated carbocycles. The normalized spacial score (nSPS) is 14.6. The second-order valence-electron chi connectivity index (χ2n) is 4.66. The first-order valence-corrected chi connectivity index (χ1v) is 8.22. The van der Waals surface area contributed by atoms with E-state index in [0.29, 0.717) is 6.42 Å². The van der Waals surface area contributed by atoms with Gasteiger partial charge >= 0.3 is 0 Å². The number of benzene rings is 1. The van der Waals surface area contributed by atoms with Crippen LogP contribution >= 0.6 is 11.6 Å². The molecule has 0 aliphatic rings. The van der Waals surface area contributed by atoms with Gasteiger partial charge in [0, 0.05) is 6.04 Å². The van der Waals surface area contributed by atoms with E-state index in [-0.39, 0.29) is 21.6 Å². The topological polar surface area (TPSA) is 89.3 Å². The van der Waals surface area contributed by atoms with Crippen molar-refractivity contribution in [1.29, 1.82) is 0 Å². The van der Waals surface area contributed by atoms with E-state index in [2.05, 4.69) is 5.32 Å². The van der Waals surface area contributed by atoms with E-state index in [1.165, 1.54) is 19.1 Å². The van der Waals surface area contributed by atoms with Gasteiger partial charge < -0.3 is 11.1 Å². The number of sulfone groups is 1. The number of hydrogen-bond donors (Lipinski definition) is 2. The van der Waals surface area contributed by atoms with E-state index in [1.807, 2.05) is 6.92 Å². The fourth-order valence-electron chi connectivity index (χ4n) is 1.61. The van der Waals surface area contributed by atoms with E-state index < -0.39 is 21.0 Å². The molecule has 0 fully saturated rings. The predicted octanol–water partition coefficient (Wildman–Crippen LogP) is 2.00. The number of nitrogens with one attached hydrogen (secondary N) is 1. The van der Waals surface area contributed by atoms with Crippen molar-refractivity contribution in [2.45, 2.75) is 43.4 Å². The summed E-state index contributed by atoms with van der Waals surface area (Å²) in [6.07, 6.45) is 0.715. The van der Waals surface area contributed by atoms with Crippen LogP contribution < -0.4 is 11.1 Å². The van der Waals surface area contributed by atoms with Crippen LogP contribution in [0.4, 0.5) is 5.69 Å². The Hall–Kier alpha value is -1.27. The molecule has 0 bridgehead atoms. The number of carbonyl (C=O) groups excluding carboxylic acids is 1. The Bertz CT molecular complexity index is 581. The highest BCUT2D eigenvalue weighted by atomic mass is 35.5. The maximum Gasteiger partial charge on any atom is 0.238 e. The van der Waals surface area contributed by atoms with Crippen LogP contribution in [0.1, 0.15) is 27.2 Å². The zero-order valence-electron chi connectivity index (χ0n) is 11.7. The average molecular weight is 319 g/mol. The highest BCUT2D eigenvalue weighted by Crippen LogP contribution is 2.30. The van der Waals surface area contributed by atoms with E-state index >= 15 is 0 Å². The Kier molecular flexibility index (Phi) is 5.42. The molecule has 0 heterocycles. The van der Waals surface area contributed by atoms with Gasteiger partial charge in [0.15, 0.2) is 9.84 Å². The average Bonchev–Trinajstić information content (AvgIpc) is 2.36. The van der Waals surface area contributed by atoms with E-state index in [9.17, 15) is 13.2 Å². The first-order valence-electron chi connectivity index (χ1n) is 6.30. The van der Waals surface area contributed by atoms with E-state index in [1.54, 1.807) is 13.0 Å². The molecule has 1 rings (SSSR count). The van der Waals surface area contributed by atoms with Gasteiger partial charge in [0.1, 0.15) is 10.1 Å². The Morgan fingerprint density at radius 3 is 2.50 bits per heavy atom. The summed E-state index contributed by atoms with van der Waals surface area (Å²) in [6, 6.07) is 4.34. The number of hydrogen-bond acceptors (Lipinski definition) is 4. The highest BCUT2D eigenvalue weighted by molar-refractivity contribution is 7.93. The van der Waals surface area contributed by atoms with Gasteiger partial charge in [-0.2, -0.15) is 0 Å². The van der Waals surface area contributed by atoms with Crippen LogP contribution in [0.25, 0.3) is 0 Å². The zero-order valence-corrected chi connectivity index (χ0v) is 13.3. The van der Waals surface area contributed by atoms with Crippen LogP contribution in [-0.4, -0.2) is 25.6 Å². The lowest BCUT2D eigenvalue weighted by molar-refractivity contribution is -0.121. The molecule has 0 aromatic heterocycles. The first-order chi connectivity index (χ1) is 9.21. The van der Waals surface area contributed by atoms with Crippen molar-refractivity contribution in [3.63, 3.8) is 0 Å². The second-order valence-corrected chi connectivity index (χ2v) is 7.28. The fraction of sp³-hybridized carbons (Fsp3) is 0.462. The standard InChI is InChI=1S/C13H19ClN2O3S/c1-4-8(2)16-13(17)9(3)20(18,19)12-10(14)6-5-7-11(12)15/h5-9H,4,15H2,1-3H3,(H,16,17). The third-order valence-corrected chi connectivity index (χ3v) is 5.71. The van der Waals surface area contributed by atoms with Crippen molar-refractivity contribution in [1.82, 2.24) is 5.32 Å². The van der Waals surface area contributed by atoms with E-state index in [4.69, 9.17) is 17.3 Å². The molecule has 0 radical (unpaired) electrons. The summed E-state index contributed by atoms with van der Waals surface area (Å²) < 4.78 is 24.9. The van der Waals surface area contributed by atoms with Crippen LogP contribution in [0, 0.1) is 0 Å². The number of rotatable bonds is 5. The van der Waals surface area contributed by atoms with Gasteiger partial charge in [-0.05, 0) is 32.4 Å². The van der Waals surface area contributed by atoms with Gasteiger partial charge in [-0.3, -0.25) is 4.79 Å². The highest BCUT2D eigenvalue weighted by Gasteiger charge is 2.33. The van der Waals surface area contributed by atoms with Crippen molar-refractivity contribution in [2.75, 3.05) is 5.73 Å². The predicted molar refractivity (Wildman–Crippen MR) is 80.4 cm³/mol. The number of halogens is 1. The summed E-state index contributed by atoms with van der Waals surface area (Å²) in [5.74, 6) is -0.557. The Labute approximate surface area is 124 Å². The zero-order chi connectivity index (χ0) is 15.5. The molecule has 20 heavy (non-hydrogen) atoms. The summed E-state index contributed by atoms with van der Waals surface area (Å²) in [4.78, 5) is 11.8. The van der Waals surface area contributed by atoms with Crippen molar-refractivity contribution in [3.05, 3.63) is 23.2 Å². The van der Waals surface area contributed by atoms with Crippen molar-refractivity contribution < 1.29 is 13.2 Å². The third kappa shape index (κ3) is 3.43. The SMILES string of the molecule is CCC(C)NC(=O)C(C)S(=O)(=O)c1c(N)cccc1Cl. The number of carbonyl (C=O) groups is 1. The maximum atomic E-state index is 12.5. The maximum absolute atomic E-state index is 12.5. The molecule has 0 spiro atoms. The number of amides is 1. The molecule has 5 nitrogen and oxygen atoms in total. The molecule has 1 aromatic rings. The molecule has 0 aliphatic carbocycles. The van der Waals surface area contributed by atoms with Gasteiger partial charge in [0.05, 0.1) is 10.7 Å². The monoisotopic (exact) mass is 318 g/mol. The minimum absolute atomic E-state index is 0.0215. The number of nitrogen functional groups attached to an aromatic ring is 1. The lowest BCUT2D eigenvalue weighted by atomic mass is 10.2. The summed E-state index contributed by atoms with van der Waals surface area (Å²) in [7, 11) is -3.92. The summed E-state index contributed by atoms with van der Waals surface area (Å²) in [5, 5.41) is 1.41. The molecule has 3 N–H and O–H groups in total. The molecule has 1 amide bonds. The molecule has 112 valence electrons. The summed E-state index contributed by atoms with van der Waals surface area (Å²) in [5.41, 5.74) is 5.72. The van der Waals surface area contributed by atoms with Crippen LogP contribution in [0.5, 0.6) is 0 Å². The van der Waals surface area contributed by atoms with Crippen LogP contribution in [-0.2, 0) is 14.6 Å². The van der Waals surface area contributed by atoms with Crippen LogP contribution in [0.15, 0.2) is 23.1 Å². The lowest BCUT2D eigenvalue weighted by Crippen LogP contribution is -2.42. The molecular formula is C13H19ClN2O3S. The molecular weight excluding hydrogens is 300 g/mol. The number of nitrogens with two attached hydrogens (primary N) is 1. The van der Waals surface area contributed by atoms with Crippen molar-refractivity contribution in [3.8, 4) is 0 Å². The van der Waals surface area contributed by atoms with Crippen molar-refractivity contribution >= 4 is 33.0 Å². The fourth-order valence-corrected chi connectivity index (χ4v) is 3.55. The number of anilines is 1. The Balaban J connectivity index is 3.14. The van der Waals surface area contributed by atoms with Gasteiger partial charge in [-0.15, -0.1) is 0 Å². The summed E-state index contributed by atoms with van der Waals surface area (Å²) in [6.45, 7) is 5.03. The molecule has 7 heteroatoms. The van der Waals surface area contributed by atoms with Crippen LogP contribution in [0.2, 0.25) is 5.02 Å². The molecule has 1 aromatic carbocycles. The van der Waals surface area contributed by atoms with Gasteiger partial charge in [-0.1, -0.05) is 24.6 Å².